The quantitative estimate of drug-likeness (QED) is 0.668. The monoisotopic (exact) mass is 367 g/mol. The minimum absolute atomic E-state index is 0.0498. The summed E-state index contributed by atoms with van der Waals surface area (Å²) in [5, 5.41) is 5.14. The number of benzene rings is 1. The van der Waals surface area contributed by atoms with Gasteiger partial charge in [0.2, 0.25) is 10.0 Å². The van der Waals surface area contributed by atoms with Crippen LogP contribution < -0.4 is 9.88 Å². The summed E-state index contributed by atoms with van der Waals surface area (Å²) < 4.78 is 39.1. The molecule has 20 heavy (non-hydrogen) atoms. The van der Waals surface area contributed by atoms with E-state index in [-0.39, 0.29) is 17.3 Å². The molecule has 0 saturated carbocycles. The maximum absolute atomic E-state index is 11.4. The molecular weight excluding hydrogens is 350 g/mol. The van der Waals surface area contributed by atoms with Crippen molar-refractivity contribution in [1.82, 2.24) is 0 Å². The molecule has 6 nitrogen and oxygen atoms in total. The Morgan fingerprint density at radius 3 is 2.60 bits per heavy atom. The lowest BCUT2D eigenvalue weighted by molar-refractivity contribution is 0.0799. The summed E-state index contributed by atoms with van der Waals surface area (Å²) >= 11 is 3.19. The Labute approximate surface area is 127 Å². The minimum Gasteiger partial charge on any atom is -0.490 e. The Kier molecular flexibility index (Phi) is 7.46. The van der Waals surface area contributed by atoms with Gasteiger partial charge in [-0.25, -0.2) is 13.6 Å². The molecule has 0 radical (unpaired) electrons. The van der Waals surface area contributed by atoms with Gasteiger partial charge in [-0.05, 0) is 24.6 Å². The van der Waals surface area contributed by atoms with Crippen LogP contribution in [0.25, 0.3) is 0 Å². The Bertz CT molecular complexity index is 521. The van der Waals surface area contributed by atoms with Gasteiger partial charge in [-0.1, -0.05) is 15.9 Å². The molecule has 1 aromatic rings. The lowest BCUT2D eigenvalue weighted by Crippen LogP contribution is -2.15. The van der Waals surface area contributed by atoms with Gasteiger partial charge < -0.3 is 14.2 Å². The fraction of sp³-hybridized carbons (Fsp3) is 0.500. The average Bonchev–Trinajstić information content (AvgIpc) is 2.38. The van der Waals surface area contributed by atoms with E-state index in [0.717, 1.165) is 6.42 Å². The van der Waals surface area contributed by atoms with Crippen LogP contribution in [0.4, 0.5) is 0 Å². The van der Waals surface area contributed by atoms with Crippen LogP contribution in [-0.2, 0) is 19.5 Å². The summed E-state index contributed by atoms with van der Waals surface area (Å²) in [6, 6.07) is 4.64. The summed E-state index contributed by atoms with van der Waals surface area (Å²) in [5.41, 5.74) is 0. The number of methoxy groups -OCH3 is 1. The summed E-state index contributed by atoms with van der Waals surface area (Å²) in [5.74, 6) is 0.219. The molecule has 8 heteroatoms. The largest absolute Gasteiger partial charge is 0.490 e. The molecule has 0 aliphatic heterocycles. The fourth-order valence-corrected chi connectivity index (χ4v) is 2.65. The zero-order valence-corrected chi connectivity index (χ0v) is 13.6. The van der Waals surface area contributed by atoms with Gasteiger partial charge in [0.25, 0.3) is 0 Å². The first-order valence-corrected chi connectivity index (χ1v) is 8.31. The molecule has 0 unspecified atom stereocenters. The van der Waals surface area contributed by atoms with E-state index < -0.39 is 10.0 Å². The molecule has 0 bridgehead atoms. The Morgan fingerprint density at radius 2 is 1.95 bits per heavy atom. The summed E-state index contributed by atoms with van der Waals surface area (Å²) in [4.78, 5) is -0.0498. The molecule has 0 atom stereocenters. The zero-order chi connectivity index (χ0) is 15.0. The van der Waals surface area contributed by atoms with E-state index in [9.17, 15) is 8.42 Å². The lowest BCUT2D eigenvalue weighted by atomic mass is 10.3. The van der Waals surface area contributed by atoms with Crippen molar-refractivity contribution in [1.29, 1.82) is 0 Å². The highest BCUT2D eigenvalue weighted by atomic mass is 79.9. The third kappa shape index (κ3) is 6.19. The van der Waals surface area contributed by atoms with E-state index >= 15 is 0 Å². The first kappa shape index (κ1) is 17.4. The Balaban J connectivity index is 2.48. The highest BCUT2D eigenvalue weighted by Crippen LogP contribution is 2.26. The molecule has 0 saturated heterocycles. The van der Waals surface area contributed by atoms with E-state index in [2.05, 4.69) is 15.9 Å². The predicted octanol–water partition coefficient (Wildman–Crippen LogP) is 1.53. The maximum atomic E-state index is 11.4. The van der Waals surface area contributed by atoms with Crippen LogP contribution in [-0.4, -0.2) is 42.0 Å². The Morgan fingerprint density at radius 1 is 1.20 bits per heavy atom. The van der Waals surface area contributed by atoms with Crippen LogP contribution in [0.1, 0.15) is 6.42 Å². The van der Waals surface area contributed by atoms with Gasteiger partial charge in [-0.15, -0.1) is 0 Å². The molecule has 0 fully saturated rings. The first-order valence-electron chi connectivity index (χ1n) is 5.97. The van der Waals surface area contributed by atoms with Gasteiger partial charge in [0, 0.05) is 24.8 Å². The van der Waals surface area contributed by atoms with Crippen molar-refractivity contribution >= 4 is 26.0 Å². The van der Waals surface area contributed by atoms with Crippen molar-refractivity contribution in [2.75, 3.05) is 33.5 Å². The molecule has 0 heterocycles. The zero-order valence-electron chi connectivity index (χ0n) is 11.2. The second-order valence-corrected chi connectivity index (χ2v) is 6.39. The smallest absolute Gasteiger partial charge is 0.241 e. The normalized spacial score (nSPS) is 11.6. The standard InChI is InChI=1S/C12H18BrNO5S/c1-17-5-2-6-18-7-8-19-11-4-3-10(13)9-12(11)20(14,15)16/h3-4,9H,2,5-8H2,1H3,(H2,14,15,16). The number of nitrogens with two attached hydrogens (primary N) is 1. The van der Waals surface area contributed by atoms with Crippen LogP contribution >= 0.6 is 15.9 Å². The van der Waals surface area contributed by atoms with Gasteiger partial charge in [-0.3, -0.25) is 0 Å². The predicted molar refractivity (Wildman–Crippen MR) is 78.3 cm³/mol. The number of sulfonamides is 1. The van der Waals surface area contributed by atoms with E-state index in [1.54, 1.807) is 19.2 Å². The van der Waals surface area contributed by atoms with E-state index in [4.69, 9.17) is 19.3 Å². The van der Waals surface area contributed by atoms with Gasteiger partial charge in [-0.2, -0.15) is 0 Å². The van der Waals surface area contributed by atoms with Gasteiger partial charge in [0.15, 0.2) is 0 Å². The SMILES string of the molecule is COCCCOCCOc1ccc(Br)cc1S(N)(=O)=O. The van der Waals surface area contributed by atoms with Crippen LogP contribution in [0.5, 0.6) is 5.75 Å². The van der Waals surface area contributed by atoms with Crippen molar-refractivity contribution < 1.29 is 22.6 Å². The fourth-order valence-electron chi connectivity index (χ4n) is 1.44. The molecule has 0 aromatic heterocycles. The van der Waals surface area contributed by atoms with E-state index in [1.165, 1.54) is 6.07 Å². The topological polar surface area (TPSA) is 87.8 Å². The van der Waals surface area contributed by atoms with Crippen LogP contribution in [0.2, 0.25) is 0 Å². The summed E-state index contributed by atoms with van der Waals surface area (Å²) in [7, 11) is -2.19. The third-order valence-corrected chi connectivity index (χ3v) is 3.76. The second-order valence-electron chi connectivity index (χ2n) is 3.94. The van der Waals surface area contributed by atoms with E-state index in [0.29, 0.717) is 24.3 Å². The van der Waals surface area contributed by atoms with Crippen molar-refractivity contribution in [2.24, 2.45) is 5.14 Å². The van der Waals surface area contributed by atoms with Crippen LogP contribution in [0.15, 0.2) is 27.6 Å². The molecule has 0 aliphatic carbocycles. The molecule has 114 valence electrons. The number of hydrogen-bond acceptors (Lipinski definition) is 5. The van der Waals surface area contributed by atoms with Crippen LogP contribution in [0.3, 0.4) is 0 Å². The maximum Gasteiger partial charge on any atom is 0.241 e. The highest BCUT2D eigenvalue weighted by Gasteiger charge is 2.15. The third-order valence-electron chi connectivity index (χ3n) is 2.33. The van der Waals surface area contributed by atoms with Gasteiger partial charge in [0.05, 0.1) is 6.61 Å². The Hall–Kier alpha value is -0.670. The molecule has 0 aliphatic rings. The van der Waals surface area contributed by atoms with Crippen molar-refractivity contribution in [3.05, 3.63) is 22.7 Å². The number of hydrogen-bond donors (Lipinski definition) is 1. The molecule has 0 spiro atoms. The number of halogens is 1. The summed E-state index contributed by atoms with van der Waals surface area (Å²) in [6.45, 7) is 1.82. The molecule has 2 N–H and O–H groups in total. The lowest BCUT2D eigenvalue weighted by Gasteiger charge is -2.11. The summed E-state index contributed by atoms with van der Waals surface area (Å²) in [6.07, 6.45) is 0.803. The number of ether oxygens (including phenoxy) is 3. The van der Waals surface area contributed by atoms with Gasteiger partial charge in [0.1, 0.15) is 17.3 Å². The van der Waals surface area contributed by atoms with Crippen molar-refractivity contribution in [3.8, 4) is 5.75 Å². The molecular formula is C12H18BrNO5S. The minimum atomic E-state index is -3.82. The molecule has 1 aromatic carbocycles. The molecule has 0 amide bonds. The average molecular weight is 368 g/mol. The number of primary sulfonamides is 1. The molecule has 1 rings (SSSR count). The first-order chi connectivity index (χ1) is 9.45. The van der Waals surface area contributed by atoms with Crippen molar-refractivity contribution in [2.45, 2.75) is 11.3 Å². The van der Waals surface area contributed by atoms with Gasteiger partial charge >= 0.3 is 0 Å². The second kappa shape index (κ2) is 8.58. The number of rotatable bonds is 9. The highest BCUT2D eigenvalue weighted by molar-refractivity contribution is 9.10. The van der Waals surface area contributed by atoms with Crippen molar-refractivity contribution in [3.63, 3.8) is 0 Å². The van der Waals surface area contributed by atoms with E-state index in [1.807, 2.05) is 0 Å². The van der Waals surface area contributed by atoms with Crippen LogP contribution in [0, 0.1) is 0 Å².